The van der Waals surface area contributed by atoms with Gasteiger partial charge in [-0.2, -0.15) is 0 Å². The van der Waals surface area contributed by atoms with E-state index in [2.05, 4.69) is 20.6 Å². The predicted octanol–water partition coefficient (Wildman–Crippen LogP) is 8.83. The molecule has 0 spiro atoms. The van der Waals surface area contributed by atoms with Crippen LogP contribution < -0.4 is 10.6 Å². The normalized spacial score (nSPS) is 11.3. The van der Waals surface area contributed by atoms with E-state index in [1.807, 2.05) is 0 Å². The first-order valence-corrected chi connectivity index (χ1v) is 14.0. The number of unbranched alkanes of at least 4 members (excludes halogenated alkanes) is 4. The Bertz CT molecular complexity index is 1290. The summed E-state index contributed by atoms with van der Waals surface area (Å²) in [6.45, 7) is 0. The van der Waals surface area contributed by atoms with Gasteiger partial charge in [0.1, 0.15) is 11.0 Å². The summed E-state index contributed by atoms with van der Waals surface area (Å²) in [7, 11) is 0. The quantitative estimate of drug-likeness (QED) is 0.181. The molecule has 2 amide bonds. The third-order valence-corrected chi connectivity index (χ3v) is 7.98. The van der Waals surface area contributed by atoms with Crippen molar-refractivity contribution >= 4 is 112 Å². The van der Waals surface area contributed by atoms with E-state index in [0.29, 0.717) is 54.2 Å². The highest BCUT2D eigenvalue weighted by Gasteiger charge is 2.12. The van der Waals surface area contributed by atoms with Crippen LogP contribution in [-0.4, -0.2) is 21.8 Å². The molecule has 6 nitrogen and oxygen atoms in total. The molecule has 0 atom stereocenters. The molecule has 0 aliphatic heterocycles. The molecular weight excluding hydrogens is 570 g/mol. The van der Waals surface area contributed by atoms with Crippen molar-refractivity contribution in [1.29, 1.82) is 0 Å². The summed E-state index contributed by atoms with van der Waals surface area (Å²) in [5, 5.41) is 8.68. The molecule has 4 aromatic rings. The third kappa shape index (κ3) is 7.18. The molecule has 4 rings (SSSR count). The van der Waals surface area contributed by atoms with E-state index in [1.54, 1.807) is 24.3 Å². The lowest BCUT2D eigenvalue weighted by Gasteiger charge is -2.03. The molecule has 2 heterocycles. The van der Waals surface area contributed by atoms with Crippen LogP contribution in [0, 0.1) is 0 Å². The number of nitrogens with one attached hydrogen (secondary N) is 2. The number of benzene rings is 2. The first kappa shape index (κ1) is 26.4. The van der Waals surface area contributed by atoms with Crippen LogP contribution in [-0.2, 0) is 9.59 Å². The highest BCUT2D eigenvalue weighted by molar-refractivity contribution is 7.22. The molecule has 35 heavy (non-hydrogen) atoms. The smallest absolute Gasteiger partial charge is 0.226 e. The lowest BCUT2D eigenvalue weighted by Crippen LogP contribution is -2.11. The lowest BCUT2D eigenvalue weighted by molar-refractivity contribution is -0.117. The van der Waals surface area contributed by atoms with E-state index in [9.17, 15) is 9.59 Å². The fourth-order valence-corrected chi connectivity index (χ4v) is 6.70. The minimum absolute atomic E-state index is 0.0807. The second-order valence-electron chi connectivity index (χ2n) is 7.87. The standard InChI is InChI=1S/C23H20Cl4N4O2S2/c24-12-8-14(26)20-16(10-12)34-22(30-20)28-18(32)6-4-2-1-3-5-7-19(33)29-23-31-21-15(27)9-13(25)11-17(21)35-23/h8-11H,1-7H2,(H,28,30,32)(H,29,31,33). The first-order chi connectivity index (χ1) is 16.8. The van der Waals surface area contributed by atoms with Crippen molar-refractivity contribution in [2.45, 2.75) is 44.9 Å². The Hall–Kier alpha value is -1.68. The fourth-order valence-electron chi connectivity index (χ4n) is 3.49. The average Bonchev–Trinajstić information content (AvgIpc) is 3.36. The molecule has 12 heteroatoms. The van der Waals surface area contributed by atoms with Crippen LogP contribution in [0.15, 0.2) is 24.3 Å². The number of carbonyl (C=O) groups is 2. The zero-order valence-corrected chi connectivity index (χ0v) is 23.0. The zero-order chi connectivity index (χ0) is 24.9. The number of carbonyl (C=O) groups excluding carboxylic acids is 2. The number of hydrogen-bond donors (Lipinski definition) is 2. The number of amides is 2. The zero-order valence-electron chi connectivity index (χ0n) is 18.3. The van der Waals surface area contributed by atoms with Crippen molar-refractivity contribution in [3.63, 3.8) is 0 Å². The van der Waals surface area contributed by atoms with Gasteiger partial charge in [0.25, 0.3) is 0 Å². The Kier molecular flexibility index (Phi) is 9.07. The van der Waals surface area contributed by atoms with E-state index in [-0.39, 0.29) is 11.8 Å². The van der Waals surface area contributed by atoms with Crippen LogP contribution in [0.1, 0.15) is 44.9 Å². The fraction of sp³-hybridized carbons (Fsp3) is 0.304. The molecule has 2 aromatic carbocycles. The summed E-state index contributed by atoms with van der Waals surface area (Å²) in [6.07, 6.45) is 5.13. The summed E-state index contributed by atoms with van der Waals surface area (Å²) in [4.78, 5) is 33.2. The van der Waals surface area contributed by atoms with E-state index in [0.717, 1.165) is 41.5 Å². The van der Waals surface area contributed by atoms with Crippen molar-refractivity contribution < 1.29 is 9.59 Å². The maximum absolute atomic E-state index is 12.2. The lowest BCUT2D eigenvalue weighted by atomic mass is 10.1. The molecule has 0 unspecified atom stereocenters. The monoisotopic (exact) mass is 588 g/mol. The molecule has 0 fully saturated rings. The molecule has 0 aliphatic carbocycles. The maximum Gasteiger partial charge on any atom is 0.226 e. The number of thiazole rings is 2. The van der Waals surface area contributed by atoms with Crippen LogP contribution in [0.3, 0.4) is 0 Å². The number of hydrogen-bond acceptors (Lipinski definition) is 6. The second-order valence-corrected chi connectivity index (χ2v) is 11.6. The van der Waals surface area contributed by atoms with Crippen LogP contribution in [0.4, 0.5) is 10.3 Å². The van der Waals surface area contributed by atoms with E-state index >= 15 is 0 Å². The number of halogens is 4. The van der Waals surface area contributed by atoms with Gasteiger partial charge in [0.15, 0.2) is 10.3 Å². The molecule has 0 radical (unpaired) electrons. The van der Waals surface area contributed by atoms with Crippen LogP contribution in [0.2, 0.25) is 20.1 Å². The van der Waals surface area contributed by atoms with Crippen molar-refractivity contribution in [1.82, 2.24) is 9.97 Å². The summed E-state index contributed by atoms with van der Waals surface area (Å²) in [5.41, 5.74) is 1.27. The Morgan fingerprint density at radius 1 is 0.657 bits per heavy atom. The molecule has 0 saturated carbocycles. The highest BCUT2D eigenvalue weighted by atomic mass is 35.5. The average molecular weight is 590 g/mol. The SMILES string of the molecule is O=C(CCCCCCCC(=O)Nc1nc2c(Cl)cc(Cl)cc2s1)Nc1nc2c(Cl)cc(Cl)cc2s1. The van der Waals surface area contributed by atoms with Crippen molar-refractivity contribution in [2.75, 3.05) is 10.6 Å². The van der Waals surface area contributed by atoms with Crippen LogP contribution in [0.25, 0.3) is 20.4 Å². The van der Waals surface area contributed by atoms with Crippen LogP contribution >= 0.6 is 69.1 Å². The van der Waals surface area contributed by atoms with Gasteiger partial charge in [0.2, 0.25) is 11.8 Å². The van der Waals surface area contributed by atoms with Crippen molar-refractivity contribution in [3.05, 3.63) is 44.4 Å². The number of anilines is 2. The topological polar surface area (TPSA) is 84.0 Å². The maximum atomic E-state index is 12.2. The summed E-state index contributed by atoms with van der Waals surface area (Å²) >= 11 is 27.0. The molecule has 0 aliphatic rings. The molecule has 2 aromatic heterocycles. The molecule has 0 saturated heterocycles. The minimum atomic E-state index is -0.0807. The molecule has 2 N–H and O–H groups in total. The van der Waals surface area contributed by atoms with Gasteiger partial charge in [-0.15, -0.1) is 0 Å². The Morgan fingerprint density at radius 2 is 1.06 bits per heavy atom. The minimum Gasteiger partial charge on any atom is -0.302 e. The predicted molar refractivity (Wildman–Crippen MR) is 149 cm³/mol. The van der Waals surface area contributed by atoms with Gasteiger partial charge >= 0.3 is 0 Å². The Labute approximate surface area is 229 Å². The Morgan fingerprint density at radius 3 is 1.49 bits per heavy atom. The first-order valence-electron chi connectivity index (χ1n) is 10.9. The molecule has 184 valence electrons. The summed E-state index contributed by atoms with van der Waals surface area (Å²) < 4.78 is 1.66. The van der Waals surface area contributed by atoms with Gasteiger partial charge in [0, 0.05) is 22.9 Å². The molecular formula is C23H20Cl4N4O2S2. The number of fused-ring (bicyclic) bond motifs is 2. The number of aromatic nitrogens is 2. The van der Waals surface area contributed by atoms with E-state index in [1.165, 1.54) is 22.7 Å². The van der Waals surface area contributed by atoms with E-state index < -0.39 is 0 Å². The van der Waals surface area contributed by atoms with Gasteiger partial charge in [0.05, 0.1) is 19.4 Å². The van der Waals surface area contributed by atoms with Gasteiger partial charge in [-0.1, -0.05) is 88.3 Å². The van der Waals surface area contributed by atoms with Crippen molar-refractivity contribution in [3.8, 4) is 0 Å². The highest BCUT2D eigenvalue weighted by Crippen LogP contribution is 2.35. The second kappa shape index (κ2) is 12.0. The van der Waals surface area contributed by atoms with Crippen LogP contribution in [0.5, 0.6) is 0 Å². The van der Waals surface area contributed by atoms with E-state index in [4.69, 9.17) is 46.4 Å². The van der Waals surface area contributed by atoms with Gasteiger partial charge < -0.3 is 10.6 Å². The summed E-state index contributed by atoms with van der Waals surface area (Å²) in [5.74, 6) is -0.161. The van der Waals surface area contributed by atoms with Gasteiger partial charge in [-0.3, -0.25) is 9.59 Å². The summed E-state index contributed by atoms with van der Waals surface area (Å²) in [6, 6.07) is 6.82. The Balaban J connectivity index is 1.11. The van der Waals surface area contributed by atoms with Crippen molar-refractivity contribution in [2.24, 2.45) is 0 Å². The largest absolute Gasteiger partial charge is 0.302 e. The van der Waals surface area contributed by atoms with Gasteiger partial charge in [-0.25, -0.2) is 9.97 Å². The third-order valence-electron chi connectivity index (χ3n) is 5.13. The number of nitrogens with zero attached hydrogens (tertiary/aromatic N) is 2. The number of rotatable bonds is 10. The van der Waals surface area contributed by atoms with Gasteiger partial charge in [-0.05, 0) is 37.1 Å². The molecule has 0 bridgehead atoms.